The first-order valence-corrected chi connectivity index (χ1v) is 13.3. The minimum atomic E-state index is -1.55. The van der Waals surface area contributed by atoms with Crippen LogP contribution in [0.4, 0.5) is 0 Å². The Balaban J connectivity index is 1.71. The van der Waals surface area contributed by atoms with Gasteiger partial charge in [0.1, 0.15) is 5.58 Å². The van der Waals surface area contributed by atoms with Crippen molar-refractivity contribution in [3.05, 3.63) is 79.1 Å². The maximum atomic E-state index is 5.87. The van der Waals surface area contributed by atoms with Gasteiger partial charge in [0.15, 0.2) is 0 Å². The van der Waals surface area contributed by atoms with Crippen LogP contribution in [0.3, 0.4) is 0 Å². The number of fused-ring (bicyclic) bond motifs is 3. The highest BCUT2D eigenvalue weighted by Gasteiger charge is 2.22. The Morgan fingerprint density at radius 2 is 1.48 bits per heavy atom. The summed E-state index contributed by atoms with van der Waals surface area (Å²) in [6, 6.07) is 23.0. The van der Waals surface area contributed by atoms with Crippen LogP contribution in [0.25, 0.3) is 44.5 Å². The first-order chi connectivity index (χ1) is 14.0. The number of benzene rings is 2. The summed E-state index contributed by atoms with van der Waals surface area (Å²) in [7, 11) is -1.55. The number of para-hydroxylation sites is 1. The van der Waals surface area contributed by atoms with Gasteiger partial charge in [0.05, 0.1) is 13.8 Å². The number of hydrogen-bond donors (Lipinski definition) is 0. The molecule has 0 unspecified atom stereocenters. The van der Waals surface area contributed by atoms with Gasteiger partial charge >= 0.3 is 0 Å². The van der Waals surface area contributed by atoms with E-state index in [9.17, 15) is 0 Å². The molecule has 0 fully saturated rings. The molecule has 0 spiro atoms. The molecule has 0 aliphatic rings. The molecule has 0 N–H and O–H groups in total. The van der Waals surface area contributed by atoms with Crippen molar-refractivity contribution in [3.63, 3.8) is 0 Å². The number of aromatic nitrogens is 2. The van der Waals surface area contributed by atoms with Gasteiger partial charge in [0.2, 0.25) is 5.71 Å². The topological polar surface area (TPSA) is 38.9 Å². The number of nitrogens with zero attached hydrogens (tertiary/aromatic N) is 2. The van der Waals surface area contributed by atoms with Crippen LogP contribution in [0.5, 0.6) is 0 Å². The fourth-order valence-corrected chi connectivity index (χ4v) is 5.29. The number of pyridine rings is 2. The van der Waals surface area contributed by atoms with E-state index in [-0.39, 0.29) is 0 Å². The third-order valence-electron chi connectivity index (χ3n) is 5.33. The van der Waals surface area contributed by atoms with E-state index in [1.54, 1.807) is 0 Å². The second-order valence-corrected chi connectivity index (χ2v) is 13.4. The van der Waals surface area contributed by atoms with Gasteiger partial charge in [-0.15, -0.1) is 0 Å². The van der Waals surface area contributed by atoms with Crippen molar-refractivity contribution in [2.24, 2.45) is 0 Å². The zero-order valence-electron chi connectivity index (χ0n) is 16.8. The second kappa shape index (κ2) is 6.67. The van der Waals surface area contributed by atoms with Crippen molar-refractivity contribution in [3.8, 4) is 22.4 Å². The molecule has 0 aliphatic heterocycles. The first-order valence-electron chi connectivity index (χ1n) is 9.84. The van der Waals surface area contributed by atoms with Gasteiger partial charge in [0, 0.05) is 28.7 Å². The lowest BCUT2D eigenvalue weighted by Crippen LogP contribution is -2.39. The summed E-state index contributed by atoms with van der Waals surface area (Å²) < 4.78 is 5.87. The van der Waals surface area contributed by atoms with E-state index in [0.717, 1.165) is 27.6 Å². The Labute approximate surface area is 171 Å². The van der Waals surface area contributed by atoms with Gasteiger partial charge < -0.3 is 4.42 Å². The molecule has 0 saturated heterocycles. The Kier molecular flexibility index (Phi) is 4.10. The largest absolute Gasteiger partial charge is 0.438 e. The Morgan fingerprint density at radius 3 is 2.28 bits per heavy atom. The molecule has 29 heavy (non-hydrogen) atoms. The van der Waals surface area contributed by atoms with E-state index in [1.165, 1.54) is 16.3 Å². The summed E-state index contributed by atoms with van der Waals surface area (Å²) in [5.41, 5.74) is 5.97. The van der Waals surface area contributed by atoms with Crippen molar-refractivity contribution < 1.29 is 4.42 Å². The molecule has 3 aromatic heterocycles. The molecule has 4 heteroatoms. The first kappa shape index (κ1) is 17.8. The SMILES string of the molecule is C[Si](C)(C)c1cnc(-c2cnc3oc4ccccc4c3c2)cc1-c1ccccc1. The maximum absolute atomic E-state index is 5.87. The van der Waals surface area contributed by atoms with Gasteiger partial charge in [0.25, 0.3) is 0 Å². The molecule has 0 aliphatic carbocycles. The maximum Gasteiger partial charge on any atom is 0.227 e. The lowest BCUT2D eigenvalue weighted by atomic mass is 10.0. The van der Waals surface area contributed by atoms with Crippen LogP contribution in [-0.2, 0) is 0 Å². The summed E-state index contributed by atoms with van der Waals surface area (Å²) in [6.45, 7) is 7.09. The van der Waals surface area contributed by atoms with Crippen molar-refractivity contribution >= 4 is 35.3 Å². The van der Waals surface area contributed by atoms with E-state index in [1.807, 2.05) is 24.4 Å². The van der Waals surface area contributed by atoms with Crippen LogP contribution in [0, 0.1) is 0 Å². The summed E-state index contributed by atoms with van der Waals surface area (Å²) in [4.78, 5) is 9.41. The lowest BCUT2D eigenvalue weighted by Gasteiger charge is -2.21. The predicted octanol–water partition coefficient (Wildman–Crippen LogP) is 6.26. The van der Waals surface area contributed by atoms with Crippen LogP contribution >= 0.6 is 0 Å². The summed E-state index contributed by atoms with van der Waals surface area (Å²) in [5.74, 6) is 0. The van der Waals surface area contributed by atoms with Gasteiger partial charge in [-0.3, -0.25) is 4.98 Å². The van der Waals surface area contributed by atoms with Crippen LogP contribution in [0.2, 0.25) is 19.6 Å². The lowest BCUT2D eigenvalue weighted by molar-refractivity contribution is 0.654. The molecule has 0 bridgehead atoms. The predicted molar refractivity (Wildman–Crippen MR) is 123 cm³/mol. The Hall–Kier alpha value is -3.24. The quantitative estimate of drug-likeness (QED) is 0.339. The molecule has 5 aromatic rings. The van der Waals surface area contributed by atoms with Crippen LogP contribution < -0.4 is 5.19 Å². The highest BCUT2D eigenvalue weighted by atomic mass is 28.3. The molecule has 142 valence electrons. The normalized spacial score (nSPS) is 12.0. The number of rotatable bonds is 3. The molecule has 3 nitrogen and oxygen atoms in total. The fraction of sp³-hybridized carbons (Fsp3) is 0.120. The third-order valence-corrected chi connectivity index (χ3v) is 7.34. The molecule has 3 heterocycles. The fourth-order valence-electron chi connectivity index (χ4n) is 3.82. The minimum absolute atomic E-state index is 0.664. The van der Waals surface area contributed by atoms with E-state index in [2.05, 4.69) is 79.4 Å². The molecule has 0 amide bonds. The molecule has 2 aromatic carbocycles. The highest BCUT2D eigenvalue weighted by molar-refractivity contribution is 6.89. The average Bonchev–Trinajstić information content (AvgIpc) is 3.11. The Morgan fingerprint density at radius 1 is 0.724 bits per heavy atom. The Bertz CT molecular complexity index is 1330. The van der Waals surface area contributed by atoms with Crippen LogP contribution in [0.15, 0.2) is 83.5 Å². The minimum Gasteiger partial charge on any atom is -0.438 e. The zero-order valence-corrected chi connectivity index (χ0v) is 17.8. The monoisotopic (exact) mass is 394 g/mol. The van der Waals surface area contributed by atoms with Crippen molar-refractivity contribution in [2.45, 2.75) is 19.6 Å². The third kappa shape index (κ3) is 3.15. The van der Waals surface area contributed by atoms with E-state index < -0.39 is 8.07 Å². The van der Waals surface area contributed by atoms with E-state index >= 15 is 0 Å². The summed E-state index contributed by atoms with van der Waals surface area (Å²) in [6.07, 6.45) is 3.93. The van der Waals surface area contributed by atoms with Gasteiger partial charge in [-0.1, -0.05) is 68.2 Å². The van der Waals surface area contributed by atoms with Gasteiger partial charge in [-0.25, -0.2) is 4.98 Å². The summed E-state index contributed by atoms with van der Waals surface area (Å²) >= 11 is 0. The molecular formula is C25H22N2OSi. The standard InChI is InChI=1S/C25H22N2OSi/c1-29(2,3)24-16-26-22(14-20(24)17-9-5-4-6-10-17)18-13-21-19-11-7-8-12-23(19)28-25(21)27-15-18/h4-16H,1-3H3. The summed E-state index contributed by atoms with van der Waals surface area (Å²) in [5, 5.41) is 3.48. The second-order valence-electron chi connectivity index (χ2n) is 8.41. The van der Waals surface area contributed by atoms with Crippen LogP contribution in [0.1, 0.15) is 0 Å². The van der Waals surface area contributed by atoms with Crippen molar-refractivity contribution in [1.29, 1.82) is 0 Å². The molecular weight excluding hydrogens is 372 g/mol. The van der Waals surface area contributed by atoms with E-state index in [4.69, 9.17) is 9.40 Å². The van der Waals surface area contributed by atoms with Crippen molar-refractivity contribution in [1.82, 2.24) is 9.97 Å². The van der Waals surface area contributed by atoms with Gasteiger partial charge in [-0.05, 0) is 34.5 Å². The highest BCUT2D eigenvalue weighted by Crippen LogP contribution is 2.31. The molecule has 0 saturated carbocycles. The average molecular weight is 395 g/mol. The molecule has 0 radical (unpaired) electrons. The number of furan rings is 1. The van der Waals surface area contributed by atoms with Gasteiger partial charge in [-0.2, -0.15) is 0 Å². The van der Waals surface area contributed by atoms with Crippen LogP contribution in [-0.4, -0.2) is 18.0 Å². The molecule has 5 rings (SSSR count). The zero-order chi connectivity index (χ0) is 20.0. The smallest absolute Gasteiger partial charge is 0.227 e. The molecule has 0 atom stereocenters. The van der Waals surface area contributed by atoms with E-state index in [0.29, 0.717) is 5.71 Å². The van der Waals surface area contributed by atoms with Crippen molar-refractivity contribution in [2.75, 3.05) is 0 Å². The number of hydrogen-bond acceptors (Lipinski definition) is 3.